The Morgan fingerprint density at radius 1 is 1.18 bits per heavy atom. The third kappa shape index (κ3) is 7.77. The van der Waals surface area contributed by atoms with Gasteiger partial charge in [0.25, 0.3) is 0 Å². The Morgan fingerprint density at radius 3 is 2.24 bits per heavy atom. The first-order valence-electron chi connectivity index (χ1n) is 7.45. The minimum atomic E-state index is 0.344. The van der Waals surface area contributed by atoms with E-state index in [1.54, 1.807) is 0 Å². The summed E-state index contributed by atoms with van der Waals surface area (Å²) in [5.74, 6) is 1.76. The number of hydrogen-bond donors (Lipinski definition) is 2. The van der Waals surface area contributed by atoms with Gasteiger partial charge in [-0.1, -0.05) is 46.5 Å². The van der Waals surface area contributed by atoms with Crippen LogP contribution in [0.25, 0.3) is 0 Å². The molecule has 0 saturated heterocycles. The quantitative estimate of drug-likeness (QED) is 0.740. The van der Waals surface area contributed by atoms with Crippen molar-refractivity contribution in [2.45, 2.75) is 71.8 Å². The molecule has 1 fully saturated rings. The summed E-state index contributed by atoms with van der Waals surface area (Å²) < 4.78 is 0. The molecule has 0 amide bonds. The molecule has 2 heteroatoms. The summed E-state index contributed by atoms with van der Waals surface area (Å²) in [6, 6.07) is 0.785. The normalized spacial score (nSPS) is 25.1. The van der Waals surface area contributed by atoms with Gasteiger partial charge in [0.05, 0.1) is 0 Å². The summed E-state index contributed by atoms with van der Waals surface area (Å²) in [6.07, 6.45) is 9.18. The highest BCUT2D eigenvalue weighted by Gasteiger charge is 2.24. The van der Waals surface area contributed by atoms with Gasteiger partial charge in [-0.25, -0.2) is 0 Å². The Labute approximate surface area is 108 Å². The van der Waals surface area contributed by atoms with Gasteiger partial charge in [0.2, 0.25) is 0 Å². The summed E-state index contributed by atoms with van der Waals surface area (Å²) >= 11 is 0. The fourth-order valence-corrected chi connectivity index (χ4v) is 2.65. The maximum absolute atomic E-state index is 8.07. The molecule has 0 aliphatic heterocycles. The van der Waals surface area contributed by atoms with Crippen LogP contribution < -0.4 is 5.32 Å². The minimum Gasteiger partial charge on any atom is -0.396 e. The molecular formula is C15H33NO. The lowest BCUT2D eigenvalue weighted by Gasteiger charge is -2.27. The van der Waals surface area contributed by atoms with Crippen molar-refractivity contribution in [1.29, 1.82) is 0 Å². The predicted molar refractivity (Wildman–Crippen MR) is 76.3 cm³/mol. The van der Waals surface area contributed by atoms with Crippen molar-refractivity contribution in [3.8, 4) is 0 Å². The van der Waals surface area contributed by atoms with Crippen molar-refractivity contribution in [1.82, 2.24) is 5.32 Å². The number of aliphatic hydroxyl groups is 1. The average Bonchev–Trinajstić information content (AvgIpc) is 2.55. The summed E-state index contributed by atoms with van der Waals surface area (Å²) in [6.45, 7) is 7.12. The zero-order valence-corrected chi connectivity index (χ0v) is 12.3. The Bertz CT molecular complexity index is 157. The molecular weight excluding hydrogens is 210 g/mol. The highest BCUT2D eigenvalue weighted by Crippen LogP contribution is 2.28. The fraction of sp³-hybridized carbons (Fsp3) is 1.00. The van der Waals surface area contributed by atoms with E-state index >= 15 is 0 Å². The SMILES string of the molecule is CCCCO.CNC1CCCCCC1C(C)C. The molecule has 1 aliphatic rings. The molecule has 2 atom stereocenters. The van der Waals surface area contributed by atoms with Crippen LogP contribution in [0.2, 0.25) is 0 Å². The van der Waals surface area contributed by atoms with Crippen LogP contribution >= 0.6 is 0 Å². The van der Waals surface area contributed by atoms with Crippen LogP contribution in [0.15, 0.2) is 0 Å². The van der Waals surface area contributed by atoms with E-state index in [1.807, 2.05) is 0 Å². The molecule has 0 aromatic carbocycles. The second kappa shape index (κ2) is 11.0. The van der Waals surface area contributed by atoms with Gasteiger partial charge in [-0.2, -0.15) is 0 Å². The van der Waals surface area contributed by atoms with E-state index < -0.39 is 0 Å². The molecule has 2 N–H and O–H groups in total. The summed E-state index contributed by atoms with van der Waals surface area (Å²) in [5.41, 5.74) is 0. The van der Waals surface area contributed by atoms with E-state index in [2.05, 4.69) is 33.1 Å². The monoisotopic (exact) mass is 243 g/mol. The zero-order valence-electron chi connectivity index (χ0n) is 12.3. The molecule has 0 radical (unpaired) electrons. The third-order valence-electron chi connectivity index (χ3n) is 3.81. The number of aliphatic hydroxyl groups excluding tert-OH is 1. The largest absolute Gasteiger partial charge is 0.396 e. The van der Waals surface area contributed by atoms with Crippen molar-refractivity contribution in [3.05, 3.63) is 0 Å². The van der Waals surface area contributed by atoms with Crippen LogP contribution in [0.3, 0.4) is 0 Å². The Morgan fingerprint density at radius 2 is 1.82 bits per heavy atom. The summed E-state index contributed by atoms with van der Waals surface area (Å²) in [4.78, 5) is 0. The van der Waals surface area contributed by atoms with Crippen molar-refractivity contribution in [2.24, 2.45) is 11.8 Å². The molecule has 104 valence electrons. The van der Waals surface area contributed by atoms with Gasteiger partial charge in [-0.3, -0.25) is 0 Å². The predicted octanol–water partition coefficient (Wildman–Crippen LogP) is 3.59. The molecule has 0 spiro atoms. The Balaban J connectivity index is 0.000000437. The van der Waals surface area contributed by atoms with Crippen LogP contribution in [0, 0.1) is 11.8 Å². The number of rotatable bonds is 4. The van der Waals surface area contributed by atoms with Gasteiger partial charge in [-0.15, -0.1) is 0 Å². The van der Waals surface area contributed by atoms with Crippen molar-refractivity contribution in [2.75, 3.05) is 13.7 Å². The molecule has 2 nitrogen and oxygen atoms in total. The lowest BCUT2D eigenvalue weighted by Crippen LogP contribution is -2.35. The molecule has 0 aromatic rings. The highest BCUT2D eigenvalue weighted by atomic mass is 16.2. The lowest BCUT2D eigenvalue weighted by atomic mass is 9.85. The van der Waals surface area contributed by atoms with Gasteiger partial charge in [0.1, 0.15) is 0 Å². The van der Waals surface area contributed by atoms with Crippen LogP contribution in [-0.4, -0.2) is 24.8 Å². The third-order valence-corrected chi connectivity index (χ3v) is 3.81. The maximum atomic E-state index is 8.07. The van der Waals surface area contributed by atoms with Crippen molar-refractivity contribution >= 4 is 0 Å². The fourth-order valence-electron chi connectivity index (χ4n) is 2.65. The van der Waals surface area contributed by atoms with E-state index in [-0.39, 0.29) is 0 Å². The average molecular weight is 243 g/mol. The first-order valence-corrected chi connectivity index (χ1v) is 7.45. The zero-order chi connectivity index (χ0) is 13.1. The van der Waals surface area contributed by atoms with Crippen molar-refractivity contribution in [3.63, 3.8) is 0 Å². The van der Waals surface area contributed by atoms with Crippen LogP contribution in [0.5, 0.6) is 0 Å². The molecule has 0 heterocycles. The smallest absolute Gasteiger partial charge is 0.0430 e. The number of hydrogen-bond acceptors (Lipinski definition) is 2. The topological polar surface area (TPSA) is 32.3 Å². The van der Waals surface area contributed by atoms with Gasteiger partial charge in [-0.05, 0) is 38.1 Å². The molecule has 1 aliphatic carbocycles. The molecule has 0 bridgehead atoms. The minimum absolute atomic E-state index is 0.344. The molecule has 1 rings (SSSR count). The molecule has 17 heavy (non-hydrogen) atoms. The van der Waals surface area contributed by atoms with Gasteiger partial charge < -0.3 is 10.4 Å². The first-order chi connectivity index (χ1) is 8.17. The molecule has 1 saturated carbocycles. The second-order valence-electron chi connectivity index (χ2n) is 5.52. The van der Waals surface area contributed by atoms with Crippen LogP contribution in [0.4, 0.5) is 0 Å². The van der Waals surface area contributed by atoms with Crippen LogP contribution in [-0.2, 0) is 0 Å². The molecule has 0 aromatic heterocycles. The highest BCUT2D eigenvalue weighted by molar-refractivity contribution is 4.80. The van der Waals surface area contributed by atoms with E-state index in [0.29, 0.717) is 6.61 Å². The second-order valence-corrected chi connectivity index (χ2v) is 5.52. The summed E-state index contributed by atoms with van der Waals surface area (Å²) in [5, 5.41) is 11.5. The van der Waals surface area contributed by atoms with E-state index in [0.717, 1.165) is 30.7 Å². The first kappa shape index (κ1) is 16.9. The van der Waals surface area contributed by atoms with Gasteiger partial charge in [0, 0.05) is 12.6 Å². The Hall–Kier alpha value is -0.0800. The maximum Gasteiger partial charge on any atom is 0.0430 e. The standard InChI is InChI=1S/C11H23N.C4H10O/c1-9(2)10-7-5-4-6-8-11(10)12-3;1-2-3-4-5/h9-12H,4-8H2,1-3H3;5H,2-4H2,1H3. The molecule has 2 unspecified atom stereocenters. The van der Waals surface area contributed by atoms with E-state index in [1.165, 1.54) is 32.1 Å². The summed E-state index contributed by atoms with van der Waals surface area (Å²) in [7, 11) is 2.12. The lowest BCUT2D eigenvalue weighted by molar-refractivity contribution is 0.272. The van der Waals surface area contributed by atoms with Crippen LogP contribution in [0.1, 0.15) is 65.7 Å². The van der Waals surface area contributed by atoms with E-state index in [4.69, 9.17) is 5.11 Å². The Kier molecular flexibility index (Phi) is 11.0. The number of unbranched alkanes of at least 4 members (excludes halogenated alkanes) is 1. The van der Waals surface area contributed by atoms with E-state index in [9.17, 15) is 0 Å². The van der Waals surface area contributed by atoms with Gasteiger partial charge >= 0.3 is 0 Å². The van der Waals surface area contributed by atoms with Crippen molar-refractivity contribution < 1.29 is 5.11 Å². The van der Waals surface area contributed by atoms with Gasteiger partial charge in [0.15, 0.2) is 0 Å². The number of nitrogens with one attached hydrogen (secondary N) is 1.